The minimum absolute atomic E-state index is 0.253. The Hall–Kier alpha value is -3.21. The predicted octanol–water partition coefficient (Wildman–Crippen LogP) is 6.20. The molecule has 2 nitrogen and oxygen atoms in total. The van der Waals surface area contributed by atoms with Gasteiger partial charge in [-0.25, -0.2) is 9.97 Å². The minimum atomic E-state index is -4.48. The van der Waals surface area contributed by atoms with Crippen molar-refractivity contribution in [2.75, 3.05) is 0 Å². The van der Waals surface area contributed by atoms with Crippen LogP contribution in [0.15, 0.2) is 54.6 Å². The zero-order valence-electron chi connectivity index (χ0n) is 17.6. The first-order valence-electron chi connectivity index (χ1n) is 10.9. The molecule has 32 heavy (non-hydrogen) atoms. The van der Waals surface area contributed by atoms with Crippen LogP contribution in [0.3, 0.4) is 0 Å². The van der Waals surface area contributed by atoms with Crippen LogP contribution in [-0.2, 0) is 44.7 Å². The fourth-order valence-electron chi connectivity index (χ4n) is 4.37. The summed E-state index contributed by atoms with van der Waals surface area (Å²) < 4.78 is 40.4. The summed E-state index contributed by atoms with van der Waals surface area (Å²) in [4.78, 5) is 8.32. The van der Waals surface area contributed by atoms with Crippen LogP contribution >= 0.6 is 0 Å². The van der Waals surface area contributed by atoms with Crippen LogP contribution in [0.25, 0.3) is 12.2 Å². The third-order valence-corrected chi connectivity index (χ3v) is 6.11. The molecule has 0 aliphatic heterocycles. The van der Waals surface area contributed by atoms with E-state index in [0.717, 1.165) is 30.0 Å². The van der Waals surface area contributed by atoms with Gasteiger partial charge in [-0.3, -0.25) is 0 Å². The van der Waals surface area contributed by atoms with E-state index in [4.69, 9.17) is 0 Å². The average Bonchev–Trinajstić information content (AvgIpc) is 3.44. The summed E-state index contributed by atoms with van der Waals surface area (Å²) in [5.74, 6) is 0.253. The molecule has 2 aromatic carbocycles. The summed E-state index contributed by atoms with van der Waals surface area (Å²) in [7, 11) is 0. The van der Waals surface area contributed by atoms with Crippen LogP contribution in [0, 0.1) is 0 Å². The Morgan fingerprint density at radius 2 is 1.28 bits per heavy atom. The maximum Gasteiger partial charge on any atom is 0.433 e. The molecule has 1 aromatic heterocycles. The zero-order chi connectivity index (χ0) is 22.1. The number of halogens is 3. The molecule has 0 amide bonds. The van der Waals surface area contributed by atoms with E-state index in [9.17, 15) is 13.2 Å². The van der Waals surface area contributed by atoms with Crippen molar-refractivity contribution in [3.63, 3.8) is 0 Å². The van der Waals surface area contributed by atoms with Gasteiger partial charge in [-0.15, -0.1) is 0 Å². The molecule has 0 saturated heterocycles. The Kier molecular flexibility index (Phi) is 5.41. The molecule has 0 fully saturated rings. The normalized spacial score (nSPS) is 14.1. The first-order valence-corrected chi connectivity index (χ1v) is 10.9. The Balaban J connectivity index is 1.33. The summed E-state index contributed by atoms with van der Waals surface area (Å²) >= 11 is 0. The highest BCUT2D eigenvalue weighted by Crippen LogP contribution is 2.29. The first kappa shape index (κ1) is 20.7. The summed E-state index contributed by atoms with van der Waals surface area (Å²) in [6.07, 6.45) is 7.91. The average molecular weight is 432 g/mol. The highest BCUT2D eigenvalue weighted by atomic mass is 19.4. The molecule has 3 aromatic rings. The number of aryl methyl sites for hydroxylation is 4. The molecular formula is C27H23F3N2. The number of rotatable bonds is 6. The van der Waals surface area contributed by atoms with Gasteiger partial charge in [0.05, 0.1) is 0 Å². The number of hydrogen-bond acceptors (Lipinski definition) is 2. The molecule has 0 bridgehead atoms. The van der Waals surface area contributed by atoms with E-state index >= 15 is 0 Å². The second-order valence-corrected chi connectivity index (χ2v) is 8.44. The molecule has 162 valence electrons. The van der Waals surface area contributed by atoms with Crippen molar-refractivity contribution in [3.8, 4) is 0 Å². The van der Waals surface area contributed by atoms with E-state index < -0.39 is 11.9 Å². The maximum absolute atomic E-state index is 13.5. The van der Waals surface area contributed by atoms with E-state index in [1.54, 1.807) is 0 Å². The molecule has 0 radical (unpaired) electrons. The number of nitrogens with zero attached hydrogens (tertiary/aromatic N) is 2. The van der Waals surface area contributed by atoms with Crippen LogP contribution < -0.4 is 0 Å². The van der Waals surface area contributed by atoms with Crippen molar-refractivity contribution >= 4 is 12.2 Å². The summed E-state index contributed by atoms with van der Waals surface area (Å²) in [5, 5.41) is 0. The van der Waals surface area contributed by atoms with Crippen molar-refractivity contribution in [2.24, 2.45) is 0 Å². The van der Waals surface area contributed by atoms with Gasteiger partial charge in [0.2, 0.25) is 0 Å². The lowest BCUT2D eigenvalue weighted by Crippen LogP contribution is -2.13. The SMILES string of the molecule is FC(F)(F)c1cc(CCc2ccc3c(c2)C=CC3)nc(CCc2ccc3c(c2)C=CC3)n1. The zero-order valence-corrected chi connectivity index (χ0v) is 17.6. The summed E-state index contributed by atoms with van der Waals surface area (Å²) in [6, 6.07) is 13.6. The largest absolute Gasteiger partial charge is 0.433 e. The van der Waals surface area contributed by atoms with Crippen molar-refractivity contribution < 1.29 is 13.2 Å². The molecule has 0 atom stereocenters. The smallest absolute Gasteiger partial charge is 0.238 e. The topological polar surface area (TPSA) is 25.8 Å². The maximum atomic E-state index is 13.5. The number of aromatic nitrogens is 2. The van der Waals surface area contributed by atoms with Gasteiger partial charge >= 0.3 is 6.18 Å². The fraction of sp³-hybridized carbons (Fsp3) is 0.259. The monoisotopic (exact) mass is 432 g/mol. The van der Waals surface area contributed by atoms with Crippen molar-refractivity contribution in [1.29, 1.82) is 0 Å². The van der Waals surface area contributed by atoms with Crippen LogP contribution in [-0.4, -0.2) is 9.97 Å². The number of alkyl halides is 3. The highest BCUT2D eigenvalue weighted by molar-refractivity contribution is 5.61. The predicted molar refractivity (Wildman–Crippen MR) is 120 cm³/mol. The van der Waals surface area contributed by atoms with Crippen LogP contribution in [0.1, 0.15) is 50.6 Å². The number of fused-ring (bicyclic) bond motifs is 2. The lowest BCUT2D eigenvalue weighted by Gasteiger charge is -2.11. The summed E-state index contributed by atoms with van der Waals surface area (Å²) in [6.45, 7) is 0. The lowest BCUT2D eigenvalue weighted by molar-refractivity contribution is -0.141. The third kappa shape index (κ3) is 4.52. The van der Waals surface area contributed by atoms with E-state index in [2.05, 4.69) is 64.6 Å². The van der Waals surface area contributed by atoms with Crippen LogP contribution in [0.2, 0.25) is 0 Å². The molecule has 0 N–H and O–H groups in total. The van der Waals surface area contributed by atoms with E-state index in [1.165, 1.54) is 22.3 Å². The quantitative estimate of drug-likeness (QED) is 0.463. The Morgan fingerprint density at radius 3 is 1.88 bits per heavy atom. The van der Waals surface area contributed by atoms with E-state index in [1.807, 2.05) is 6.07 Å². The molecule has 2 aliphatic carbocycles. The molecule has 0 unspecified atom stereocenters. The number of allylic oxidation sites excluding steroid dienone is 2. The molecule has 1 heterocycles. The van der Waals surface area contributed by atoms with Crippen LogP contribution in [0.4, 0.5) is 13.2 Å². The van der Waals surface area contributed by atoms with Crippen molar-refractivity contribution in [1.82, 2.24) is 9.97 Å². The first-order chi connectivity index (χ1) is 15.4. The molecule has 0 spiro atoms. The standard InChI is InChI=1S/C27H23F3N2/c28-27(29,30)25-17-24(13-9-18-7-11-20-3-1-5-22(20)15-18)31-26(32-25)14-10-19-8-12-21-4-2-6-23(21)16-19/h1-2,5-8,11-12,15-17H,3-4,9-10,13-14H2. The second kappa shape index (κ2) is 8.38. The molecule has 5 heteroatoms. The highest BCUT2D eigenvalue weighted by Gasteiger charge is 2.33. The molecule has 5 rings (SSSR count). The Labute approximate surface area is 185 Å². The molecule has 0 saturated carbocycles. The lowest BCUT2D eigenvalue weighted by atomic mass is 10.0. The van der Waals surface area contributed by atoms with E-state index in [-0.39, 0.29) is 5.82 Å². The van der Waals surface area contributed by atoms with Gasteiger partial charge in [0.1, 0.15) is 11.5 Å². The minimum Gasteiger partial charge on any atom is -0.238 e. The van der Waals surface area contributed by atoms with Gasteiger partial charge in [0, 0.05) is 12.1 Å². The van der Waals surface area contributed by atoms with E-state index in [0.29, 0.717) is 31.4 Å². The van der Waals surface area contributed by atoms with Crippen LogP contribution in [0.5, 0.6) is 0 Å². The van der Waals surface area contributed by atoms with Gasteiger partial charge in [-0.1, -0.05) is 60.7 Å². The van der Waals surface area contributed by atoms with Gasteiger partial charge < -0.3 is 0 Å². The Morgan fingerprint density at radius 1 is 0.688 bits per heavy atom. The molecular weight excluding hydrogens is 409 g/mol. The van der Waals surface area contributed by atoms with Crippen molar-refractivity contribution in [2.45, 2.75) is 44.7 Å². The van der Waals surface area contributed by atoms with Gasteiger partial charge in [0.15, 0.2) is 0 Å². The fourth-order valence-corrected chi connectivity index (χ4v) is 4.37. The van der Waals surface area contributed by atoms with Gasteiger partial charge in [0.25, 0.3) is 0 Å². The summed E-state index contributed by atoms with van der Waals surface area (Å²) in [5.41, 5.74) is 6.75. The third-order valence-electron chi connectivity index (χ3n) is 6.11. The molecule has 2 aliphatic rings. The second-order valence-electron chi connectivity index (χ2n) is 8.44. The Bertz CT molecular complexity index is 1140. The number of hydrogen-bond donors (Lipinski definition) is 0. The van der Waals surface area contributed by atoms with Crippen molar-refractivity contribution in [3.05, 3.63) is 105 Å². The van der Waals surface area contributed by atoms with Gasteiger partial charge in [-0.2, -0.15) is 13.2 Å². The van der Waals surface area contributed by atoms with Gasteiger partial charge in [-0.05, 0) is 71.6 Å². The number of benzene rings is 2.